The molecule has 1 heterocycles. The number of aryl methyl sites for hydroxylation is 1. The van der Waals surface area contributed by atoms with Crippen LogP contribution in [-0.4, -0.2) is 46.3 Å². The first-order valence-electron chi connectivity index (χ1n) is 6.96. The third kappa shape index (κ3) is 3.52. The van der Waals surface area contributed by atoms with Gasteiger partial charge in [0.25, 0.3) is 0 Å². The van der Waals surface area contributed by atoms with Gasteiger partial charge in [0.1, 0.15) is 0 Å². The van der Waals surface area contributed by atoms with Crippen LogP contribution in [0.3, 0.4) is 0 Å². The number of aliphatic hydroxyl groups excluding tert-OH is 1. The van der Waals surface area contributed by atoms with Crippen LogP contribution in [0.15, 0.2) is 18.2 Å². The number of amides is 2. The lowest BCUT2D eigenvalue weighted by Crippen LogP contribution is -2.34. The molecule has 114 valence electrons. The number of carboxylic acids is 1. The lowest BCUT2D eigenvalue weighted by Gasteiger charge is -2.19. The van der Waals surface area contributed by atoms with E-state index in [0.29, 0.717) is 24.3 Å². The van der Waals surface area contributed by atoms with Gasteiger partial charge in [-0.25, -0.2) is 9.59 Å². The maximum atomic E-state index is 12.2. The van der Waals surface area contributed by atoms with Crippen molar-refractivity contribution in [2.45, 2.75) is 26.4 Å². The number of hydrogen-bond donors (Lipinski definition) is 3. The Hall–Kier alpha value is -2.08. The number of carboxylic acid groups (broad SMARTS) is 1. The molecule has 1 aliphatic heterocycles. The number of rotatable bonds is 3. The molecule has 3 N–H and O–H groups in total. The van der Waals surface area contributed by atoms with Crippen LogP contribution in [0.25, 0.3) is 0 Å². The van der Waals surface area contributed by atoms with E-state index in [1.807, 2.05) is 0 Å². The van der Waals surface area contributed by atoms with E-state index in [1.165, 1.54) is 12.1 Å². The van der Waals surface area contributed by atoms with Crippen LogP contribution in [-0.2, 0) is 0 Å². The summed E-state index contributed by atoms with van der Waals surface area (Å²) in [4.78, 5) is 24.7. The van der Waals surface area contributed by atoms with E-state index in [-0.39, 0.29) is 17.5 Å². The van der Waals surface area contributed by atoms with E-state index in [0.717, 1.165) is 6.42 Å². The average Bonchev–Trinajstić information content (AvgIpc) is 2.90. The van der Waals surface area contributed by atoms with E-state index in [1.54, 1.807) is 24.8 Å². The van der Waals surface area contributed by atoms with Crippen molar-refractivity contribution in [3.63, 3.8) is 0 Å². The summed E-state index contributed by atoms with van der Waals surface area (Å²) in [7, 11) is 0. The van der Waals surface area contributed by atoms with Gasteiger partial charge >= 0.3 is 12.0 Å². The van der Waals surface area contributed by atoms with Crippen LogP contribution in [0, 0.1) is 12.8 Å². The minimum absolute atomic E-state index is 0.117. The maximum Gasteiger partial charge on any atom is 0.335 e. The molecular weight excluding hydrogens is 272 g/mol. The molecule has 1 fully saturated rings. The van der Waals surface area contributed by atoms with Crippen LogP contribution in [0.1, 0.15) is 29.3 Å². The third-order valence-electron chi connectivity index (χ3n) is 3.91. The zero-order valence-electron chi connectivity index (χ0n) is 12.2. The number of carbonyl (C=O) groups excluding carboxylic acids is 1. The van der Waals surface area contributed by atoms with Crippen molar-refractivity contribution in [1.82, 2.24) is 4.90 Å². The first-order valence-corrected chi connectivity index (χ1v) is 6.96. The zero-order valence-corrected chi connectivity index (χ0v) is 12.2. The Labute approximate surface area is 123 Å². The molecule has 6 nitrogen and oxygen atoms in total. The first kappa shape index (κ1) is 15.3. The number of anilines is 1. The molecule has 6 heteroatoms. The monoisotopic (exact) mass is 292 g/mol. The average molecular weight is 292 g/mol. The Morgan fingerprint density at radius 1 is 1.43 bits per heavy atom. The van der Waals surface area contributed by atoms with Gasteiger partial charge in [-0.15, -0.1) is 0 Å². The van der Waals surface area contributed by atoms with Crippen LogP contribution >= 0.6 is 0 Å². The number of nitrogens with one attached hydrogen (secondary N) is 1. The van der Waals surface area contributed by atoms with Gasteiger partial charge < -0.3 is 20.4 Å². The number of hydrogen-bond acceptors (Lipinski definition) is 3. The highest BCUT2D eigenvalue weighted by atomic mass is 16.4. The number of urea groups is 1. The highest BCUT2D eigenvalue weighted by Crippen LogP contribution is 2.22. The van der Waals surface area contributed by atoms with Crippen LogP contribution in [0.5, 0.6) is 0 Å². The Morgan fingerprint density at radius 2 is 2.14 bits per heavy atom. The molecule has 0 saturated carbocycles. The summed E-state index contributed by atoms with van der Waals surface area (Å²) < 4.78 is 0. The van der Waals surface area contributed by atoms with Gasteiger partial charge in [-0.1, -0.05) is 0 Å². The van der Waals surface area contributed by atoms with Crippen LogP contribution < -0.4 is 5.32 Å². The summed E-state index contributed by atoms with van der Waals surface area (Å²) in [5.41, 5.74) is 1.50. The lowest BCUT2D eigenvalue weighted by molar-refractivity contribution is 0.0696. The molecule has 21 heavy (non-hydrogen) atoms. The predicted octanol–water partition coefficient (Wildman–Crippen LogP) is 1.93. The summed E-state index contributed by atoms with van der Waals surface area (Å²) >= 11 is 0. The van der Waals surface area contributed by atoms with Gasteiger partial charge in [-0.3, -0.25) is 0 Å². The summed E-state index contributed by atoms with van der Waals surface area (Å²) in [5, 5.41) is 21.3. The molecule has 2 unspecified atom stereocenters. The molecule has 2 rings (SSSR count). The second-order valence-corrected chi connectivity index (χ2v) is 5.50. The van der Waals surface area contributed by atoms with Crippen molar-refractivity contribution in [2.75, 3.05) is 18.4 Å². The van der Waals surface area contributed by atoms with Crippen LogP contribution in [0.2, 0.25) is 0 Å². The summed E-state index contributed by atoms with van der Waals surface area (Å²) in [6.45, 7) is 4.65. The minimum atomic E-state index is -0.990. The first-order chi connectivity index (χ1) is 9.88. The molecule has 1 aromatic rings. The van der Waals surface area contributed by atoms with E-state index in [9.17, 15) is 14.7 Å². The molecule has 2 amide bonds. The third-order valence-corrected chi connectivity index (χ3v) is 3.91. The molecule has 0 bridgehead atoms. The number of benzene rings is 1. The van der Waals surface area contributed by atoms with Gasteiger partial charge in [-0.2, -0.15) is 0 Å². The Morgan fingerprint density at radius 3 is 2.67 bits per heavy atom. The van der Waals surface area contributed by atoms with Crippen molar-refractivity contribution in [3.8, 4) is 0 Å². The highest BCUT2D eigenvalue weighted by Gasteiger charge is 2.29. The fourth-order valence-electron chi connectivity index (χ4n) is 2.50. The largest absolute Gasteiger partial charge is 0.478 e. The molecule has 1 saturated heterocycles. The van der Waals surface area contributed by atoms with E-state index >= 15 is 0 Å². The van der Waals surface area contributed by atoms with Gasteiger partial charge in [0.05, 0.1) is 11.7 Å². The summed E-state index contributed by atoms with van der Waals surface area (Å²) in [6, 6.07) is 4.37. The molecule has 0 radical (unpaired) electrons. The number of nitrogens with zero attached hydrogens (tertiary/aromatic N) is 1. The Kier molecular flexibility index (Phi) is 4.47. The fourth-order valence-corrected chi connectivity index (χ4v) is 2.50. The van der Waals surface area contributed by atoms with Crippen molar-refractivity contribution < 1.29 is 19.8 Å². The molecule has 1 aromatic carbocycles. The Bertz CT molecular complexity index is 557. The van der Waals surface area contributed by atoms with Crippen LogP contribution in [0.4, 0.5) is 10.5 Å². The number of aliphatic hydroxyl groups is 1. The van der Waals surface area contributed by atoms with Crippen molar-refractivity contribution >= 4 is 17.7 Å². The van der Waals surface area contributed by atoms with Crippen molar-refractivity contribution in [2.24, 2.45) is 5.92 Å². The normalized spacial score (nSPS) is 19.4. The number of aromatic carboxylic acids is 1. The number of carbonyl (C=O) groups is 2. The zero-order chi connectivity index (χ0) is 15.6. The molecule has 0 aliphatic carbocycles. The minimum Gasteiger partial charge on any atom is -0.478 e. The standard InChI is InChI=1S/C15H20N2O4/c1-9-7-11(14(19)20)3-4-13(9)16-15(21)17-6-5-12(8-17)10(2)18/h3-4,7,10,12,18H,5-6,8H2,1-2H3,(H,16,21)(H,19,20). The van der Waals surface area contributed by atoms with Gasteiger partial charge in [0.15, 0.2) is 0 Å². The van der Waals surface area contributed by atoms with E-state index in [2.05, 4.69) is 5.32 Å². The van der Waals surface area contributed by atoms with Gasteiger partial charge in [0, 0.05) is 24.7 Å². The SMILES string of the molecule is Cc1cc(C(=O)O)ccc1NC(=O)N1CCC(C(C)O)C1. The lowest BCUT2D eigenvalue weighted by atomic mass is 10.0. The molecular formula is C15H20N2O4. The van der Waals surface area contributed by atoms with Crippen molar-refractivity contribution in [3.05, 3.63) is 29.3 Å². The molecule has 0 spiro atoms. The van der Waals surface area contributed by atoms with E-state index in [4.69, 9.17) is 5.11 Å². The van der Waals surface area contributed by atoms with E-state index < -0.39 is 12.1 Å². The van der Waals surface area contributed by atoms with Gasteiger partial charge in [-0.05, 0) is 44.0 Å². The topological polar surface area (TPSA) is 89.9 Å². The molecule has 1 aliphatic rings. The smallest absolute Gasteiger partial charge is 0.335 e. The van der Waals surface area contributed by atoms with Gasteiger partial charge in [0.2, 0.25) is 0 Å². The summed E-state index contributed by atoms with van der Waals surface area (Å²) in [5.74, 6) is -0.874. The number of likely N-dealkylation sites (tertiary alicyclic amines) is 1. The predicted molar refractivity (Wildman–Crippen MR) is 78.5 cm³/mol. The second kappa shape index (κ2) is 6.13. The summed E-state index contributed by atoms with van der Waals surface area (Å²) in [6.07, 6.45) is 0.376. The Balaban J connectivity index is 2.02. The van der Waals surface area contributed by atoms with Crippen molar-refractivity contribution in [1.29, 1.82) is 0 Å². The molecule has 0 aromatic heterocycles. The highest BCUT2D eigenvalue weighted by molar-refractivity contribution is 5.92. The molecule has 2 atom stereocenters. The second-order valence-electron chi connectivity index (χ2n) is 5.50. The fraction of sp³-hybridized carbons (Fsp3) is 0.467. The quantitative estimate of drug-likeness (QED) is 0.794. The maximum absolute atomic E-state index is 12.2.